The van der Waals surface area contributed by atoms with Crippen LogP contribution in [-0.4, -0.2) is 48.7 Å². The molecule has 0 saturated heterocycles. The van der Waals surface area contributed by atoms with Gasteiger partial charge in [0.05, 0.1) is 12.6 Å². The number of hydrogen-bond donors (Lipinski definition) is 2. The van der Waals surface area contributed by atoms with Crippen molar-refractivity contribution >= 4 is 17.5 Å². The minimum atomic E-state index is -0.553. The van der Waals surface area contributed by atoms with Gasteiger partial charge in [-0.3, -0.25) is 14.6 Å². The average Bonchev–Trinajstić information content (AvgIpc) is 3.69. The monoisotopic (exact) mass is 595 g/mol. The van der Waals surface area contributed by atoms with E-state index >= 15 is 0 Å². The van der Waals surface area contributed by atoms with Crippen LogP contribution in [0.1, 0.15) is 130 Å². The van der Waals surface area contributed by atoms with Gasteiger partial charge in [-0.1, -0.05) is 82.1 Å². The number of nitrogens with one attached hydrogen (secondary N) is 2. The van der Waals surface area contributed by atoms with Crippen molar-refractivity contribution in [2.45, 2.75) is 110 Å². The molecule has 1 spiro atoms. The van der Waals surface area contributed by atoms with Gasteiger partial charge in [0.15, 0.2) is 5.82 Å². The molecular weight excluding hydrogens is 550 g/mol. The zero-order valence-electron chi connectivity index (χ0n) is 26.5. The average molecular weight is 596 g/mol. The molecule has 2 fully saturated rings. The minimum absolute atomic E-state index is 0.0257. The smallest absolute Gasteiger partial charge is 0.275 e. The Kier molecular flexibility index (Phi) is 8.40. The van der Waals surface area contributed by atoms with Gasteiger partial charge < -0.3 is 10.2 Å². The van der Waals surface area contributed by atoms with Crippen LogP contribution in [0.2, 0.25) is 0 Å². The molecule has 2 N–H and O–H groups in total. The van der Waals surface area contributed by atoms with Crippen LogP contribution in [0.25, 0.3) is 0 Å². The van der Waals surface area contributed by atoms with Gasteiger partial charge in [-0.2, -0.15) is 5.21 Å². The fourth-order valence-corrected chi connectivity index (χ4v) is 7.16. The molecule has 3 aliphatic rings. The second-order valence-electron chi connectivity index (χ2n) is 13.6. The van der Waals surface area contributed by atoms with E-state index in [1.165, 1.54) is 18.4 Å². The Bertz CT molecular complexity index is 1480. The van der Waals surface area contributed by atoms with E-state index in [1.54, 1.807) is 0 Å². The Morgan fingerprint density at radius 2 is 1.75 bits per heavy atom. The Labute approximate surface area is 260 Å². The van der Waals surface area contributed by atoms with Gasteiger partial charge in [-0.05, 0) is 85.5 Å². The standard InChI is InChI=1S/C35H45N7O2/c1-5-7-29(25-12-16-27(17-13-25)32(43)36-22-30-38-40-41-39-30)42-33(44)31(26-14-10-24(11-15-26)23-8-9-23)37-35(42)20-18-28(19-21-35)34(3,4)6-2/h10-17,23,28-29H,5-9,18-22H2,1-4H3,(H,36,43)(H,38,39,40,41). The van der Waals surface area contributed by atoms with Gasteiger partial charge in [0.25, 0.3) is 11.8 Å². The van der Waals surface area contributed by atoms with Crippen molar-refractivity contribution in [3.63, 3.8) is 0 Å². The van der Waals surface area contributed by atoms with Crippen molar-refractivity contribution in [1.29, 1.82) is 0 Å². The maximum absolute atomic E-state index is 14.5. The first-order valence-corrected chi connectivity index (χ1v) is 16.4. The number of aliphatic imine (C=N–C) groups is 1. The summed E-state index contributed by atoms with van der Waals surface area (Å²) in [4.78, 5) is 34.8. The summed E-state index contributed by atoms with van der Waals surface area (Å²) in [5.74, 6) is 1.52. The largest absolute Gasteiger partial charge is 0.345 e. The molecule has 2 aliphatic carbocycles. The van der Waals surface area contributed by atoms with Crippen molar-refractivity contribution in [1.82, 2.24) is 30.8 Å². The quantitative estimate of drug-likeness (QED) is 0.262. The van der Waals surface area contributed by atoms with Crippen LogP contribution < -0.4 is 5.32 Å². The Hall–Kier alpha value is -3.88. The summed E-state index contributed by atoms with van der Waals surface area (Å²) in [6, 6.07) is 16.1. The van der Waals surface area contributed by atoms with E-state index in [1.807, 2.05) is 24.3 Å². The number of H-pyrrole nitrogens is 1. The SMILES string of the molecule is CCCC(c1ccc(C(=O)NCc2nn[nH]n2)cc1)N1C(=O)C(c2ccc(C3CC3)cc2)=NC12CCC(C(C)(C)CC)CC2. The molecule has 232 valence electrons. The number of tetrazole rings is 1. The predicted molar refractivity (Wildman–Crippen MR) is 170 cm³/mol. The zero-order valence-corrected chi connectivity index (χ0v) is 26.5. The van der Waals surface area contributed by atoms with Gasteiger partial charge in [-0.25, -0.2) is 0 Å². The molecule has 6 rings (SSSR count). The topological polar surface area (TPSA) is 116 Å². The highest BCUT2D eigenvalue weighted by atomic mass is 16.2. The Morgan fingerprint density at radius 3 is 2.34 bits per heavy atom. The maximum Gasteiger partial charge on any atom is 0.275 e. The number of hydrogen-bond acceptors (Lipinski definition) is 6. The summed E-state index contributed by atoms with van der Waals surface area (Å²) in [6.45, 7) is 9.40. The molecule has 2 saturated carbocycles. The molecule has 0 radical (unpaired) electrons. The number of carbonyl (C=O) groups is 2. The third-order valence-corrected chi connectivity index (χ3v) is 10.5. The van der Waals surface area contributed by atoms with E-state index in [2.05, 4.69) is 82.8 Å². The van der Waals surface area contributed by atoms with Crippen molar-refractivity contribution < 1.29 is 9.59 Å². The summed E-state index contributed by atoms with van der Waals surface area (Å²) in [5.41, 5.74) is 4.17. The van der Waals surface area contributed by atoms with Crippen LogP contribution in [-0.2, 0) is 11.3 Å². The van der Waals surface area contributed by atoms with Crippen LogP contribution in [0.3, 0.4) is 0 Å². The van der Waals surface area contributed by atoms with E-state index in [9.17, 15) is 9.59 Å². The molecule has 1 unspecified atom stereocenters. The summed E-state index contributed by atoms with van der Waals surface area (Å²) >= 11 is 0. The summed E-state index contributed by atoms with van der Waals surface area (Å²) in [7, 11) is 0. The molecule has 1 atom stereocenters. The normalized spacial score (nSPS) is 22.7. The van der Waals surface area contributed by atoms with Crippen molar-refractivity contribution in [3.05, 3.63) is 76.6 Å². The third kappa shape index (κ3) is 5.93. The molecule has 2 aromatic carbocycles. The van der Waals surface area contributed by atoms with Gasteiger partial charge in [-0.15, -0.1) is 10.2 Å². The molecule has 44 heavy (non-hydrogen) atoms. The summed E-state index contributed by atoms with van der Waals surface area (Å²) in [5, 5.41) is 16.5. The molecule has 2 heterocycles. The lowest BCUT2D eigenvalue weighted by Crippen LogP contribution is -2.51. The molecule has 1 aromatic heterocycles. The number of aromatic amines is 1. The number of rotatable bonds is 11. The van der Waals surface area contributed by atoms with Crippen LogP contribution in [0, 0.1) is 11.3 Å². The molecule has 9 nitrogen and oxygen atoms in total. The summed E-state index contributed by atoms with van der Waals surface area (Å²) < 4.78 is 0. The van der Waals surface area contributed by atoms with Crippen molar-refractivity contribution in [3.8, 4) is 0 Å². The van der Waals surface area contributed by atoms with Gasteiger partial charge in [0, 0.05) is 11.1 Å². The predicted octanol–water partition coefficient (Wildman–Crippen LogP) is 6.50. The lowest BCUT2D eigenvalue weighted by atomic mass is 9.67. The van der Waals surface area contributed by atoms with Gasteiger partial charge in [0.2, 0.25) is 0 Å². The highest BCUT2D eigenvalue weighted by Gasteiger charge is 2.52. The van der Waals surface area contributed by atoms with E-state index < -0.39 is 5.66 Å². The van der Waals surface area contributed by atoms with Crippen LogP contribution >= 0.6 is 0 Å². The fourth-order valence-electron chi connectivity index (χ4n) is 7.16. The van der Waals surface area contributed by atoms with Gasteiger partial charge in [0.1, 0.15) is 11.4 Å². The summed E-state index contributed by atoms with van der Waals surface area (Å²) in [6.07, 6.45) is 9.25. The first kappa shape index (κ1) is 30.2. The van der Waals surface area contributed by atoms with E-state index in [0.29, 0.717) is 28.9 Å². The van der Waals surface area contributed by atoms with E-state index in [-0.39, 0.29) is 29.8 Å². The number of amides is 2. The first-order valence-electron chi connectivity index (χ1n) is 16.4. The molecule has 1 aliphatic heterocycles. The third-order valence-electron chi connectivity index (χ3n) is 10.5. The highest BCUT2D eigenvalue weighted by Crippen LogP contribution is 2.50. The maximum atomic E-state index is 14.5. The highest BCUT2D eigenvalue weighted by molar-refractivity contribution is 6.46. The van der Waals surface area contributed by atoms with E-state index in [4.69, 9.17) is 4.99 Å². The van der Waals surface area contributed by atoms with Crippen molar-refractivity contribution in [2.75, 3.05) is 0 Å². The molecule has 2 amide bonds. The number of aromatic nitrogens is 4. The first-order chi connectivity index (χ1) is 21.2. The molecule has 3 aromatic rings. The van der Waals surface area contributed by atoms with Gasteiger partial charge >= 0.3 is 0 Å². The van der Waals surface area contributed by atoms with Crippen molar-refractivity contribution in [2.24, 2.45) is 16.3 Å². The number of nitrogens with zero attached hydrogens (tertiary/aromatic N) is 5. The second kappa shape index (κ2) is 12.3. The number of carbonyl (C=O) groups excluding carboxylic acids is 2. The Balaban J connectivity index is 1.29. The fraction of sp³-hybridized carbons (Fsp3) is 0.543. The molecular formula is C35H45N7O2. The molecule has 0 bridgehead atoms. The van der Waals surface area contributed by atoms with Crippen LogP contribution in [0.4, 0.5) is 0 Å². The Morgan fingerprint density at radius 1 is 1.05 bits per heavy atom. The number of benzene rings is 2. The lowest BCUT2D eigenvalue weighted by molar-refractivity contribution is -0.133. The van der Waals surface area contributed by atoms with Crippen LogP contribution in [0.15, 0.2) is 53.5 Å². The van der Waals surface area contributed by atoms with Crippen LogP contribution in [0.5, 0.6) is 0 Å². The lowest BCUT2D eigenvalue weighted by Gasteiger charge is -2.48. The molecule has 9 heteroatoms. The minimum Gasteiger partial charge on any atom is -0.345 e. The van der Waals surface area contributed by atoms with E-state index in [0.717, 1.165) is 56.1 Å². The zero-order chi connectivity index (χ0) is 30.9. The second-order valence-corrected chi connectivity index (χ2v) is 13.6.